The number of furan rings is 1. The molecule has 3 heterocycles. The van der Waals surface area contributed by atoms with Gasteiger partial charge < -0.3 is 8.98 Å². The van der Waals surface area contributed by atoms with Crippen LogP contribution in [0.5, 0.6) is 0 Å². The average Bonchev–Trinajstić information content (AvgIpc) is 3.46. The molecule has 1 amide bonds. The fourth-order valence-electron chi connectivity index (χ4n) is 3.25. The highest BCUT2D eigenvalue weighted by atomic mass is 32.2. The highest BCUT2D eigenvalue weighted by Gasteiger charge is 2.34. The van der Waals surface area contributed by atoms with Crippen LogP contribution in [-0.2, 0) is 4.79 Å². The highest BCUT2D eigenvalue weighted by Crippen LogP contribution is 2.34. The van der Waals surface area contributed by atoms with Crippen LogP contribution in [0.25, 0.3) is 0 Å². The van der Waals surface area contributed by atoms with Crippen molar-refractivity contribution in [3.8, 4) is 0 Å². The predicted molar refractivity (Wildman–Crippen MR) is 112 cm³/mol. The molecular formula is C21H23N5O2S. The van der Waals surface area contributed by atoms with Gasteiger partial charge in [-0.1, -0.05) is 41.6 Å². The number of amides is 1. The quantitative estimate of drug-likeness (QED) is 0.570. The van der Waals surface area contributed by atoms with Crippen LogP contribution in [0.3, 0.4) is 0 Å². The molecule has 0 saturated heterocycles. The maximum absolute atomic E-state index is 13.1. The lowest BCUT2D eigenvalue weighted by atomic mass is 10.0. The Kier molecular flexibility index (Phi) is 5.53. The Morgan fingerprint density at radius 3 is 2.76 bits per heavy atom. The van der Waals surface area contributed by atoms with Crippen molar-refractivity contribution < 1.29 is 9.21 Å². The molecule has 150 valence electrons. The van der Waals surface area contributed by atoms with Crippen LogP contribution < -0.4 is 0 Å². The van der Waals surface area contributed by atoms with Gasteiger partial charge in [0.2, 0.25) is 0 Å². The summed E-state index contributed by atoms with van der Waals surface area (Å²) in [6.07, 6.45) is 3.93. The zero-order valence-electron chi connectivity index (χ0n) is 16.6. The van der Waals surface area contributed by atoms with Crippen molar-refractivity contribution >= 4 is 23.4 Å². The van der Waals surface area contributed by atoms with E-state index in [1.165, 1.54) is 17.3 Å². The summed E-state index contributed by atoms with van der Waals surface area (Å²) in [6, 6.07) is 11.9. The zero-order valence-corrected chi connectivity index (χ0v) is 17.5. The summed E-state index contributed by atoms with van der Waals surface area (Å²) in [5.41, 5.74) is 3.10. The molecule has 1 atom stereocenters. The molecule has 1 aliphatic rings. The molecule has 2 aromatic heterocycles. The summed E-state index contributed by atoms with van der Waals surface area (Å²) in [4.78, 5) is 13.1. The van der Waals surface area contributed by atoms with E-state index in [2.05, 4.69) is 48.2 Å². The second-order valence-corrected chi connectivity index (χ2v) is 8.23. The number of thioether (sulfide) groups is 1. The molecule has 0 radical (unpaired) electrons. The summed E-state index contributed by atoms with van der Waals surface area (Å²) >= 11 is 1.37. The van der Waals surface area contributed by atoms with Crippen LogP contribution >= 0.6 is 11.8 Å². The van der Waals surface area contributed by atoms with Crippen molar-refractivity contribution in [1.82, 2.24) is 19.8 Å². The molecule has 0 saturated carbocycles. The number of carbonyl (C=O) groups excluding carboxylic acids is 1. The Morgan fingerprint density at radius 1 is 1.28 bits per heavy atom. The Hall–Kier alpha value is -2.87. The Morgan fingerprint density at radius 2 is 2.07 bits per heavy atom. The first-order valence-electron chi connectivity index (χ1n) is 9.55. The Labute approximate surface area is 173 Å². The number of hydrazone groups is 1. The zero-order chi connectivity index (χ0) is 20.4. The minimum Gasteiger partial charge on any atom is -0.467 e. The van der Waals surface area contributed by atoms with Crippen molar-refractivity contribution in [3.05, 3.63) is 65.9 Å². The van der Waals surface area contributed by atoms with Gasteiger partial charge in [0.05, 0.1) is 17.7 Å². The van der Waals surface area contributed by atoms with E-state index in [0.29, 0.717) is 6.42 Å². The molecule has 1 aliphatic heterocycles. The third-order valence-corrected chi connectivity index (χ3v) is 5.79. The van der Waals surface area contributed by atoms with E-state index in [1.807, 2.05) is 28.8 Å². The molecule has 0 N–H and O–H groups in total. The largest absolute Gasteiger partial charge is 0.467 e. The lowest BCUT2D eigenvalue weighted by Crippen LogP contribution is -2.28. The molecule has 0 fully saturated rings. The molecule has 0 aliphatic carbocycles. The maximum Gasteiger partial charge on any atom is 0.253 e. The van der Waals surface area contributed by atoms with Crippen molar-refractivity contribution in [2.45, 2.75) is 44.4 Å². The summed E-state index contributed by atoms with van der Waals surface area (Å²) < 4.78 is 7.55. The van der Waals surface area contributed by atoms with E-state index in [0.717, 1.165) is 22.2 Å². The number of rotatable bonds is 6. The monoisotopic (exact) mass is 409 g/mol. The second kappa shape index (κ2) is 8.24. The third kappa shape index (κ3) is 4.12. The minimum atomic E-state index is -0.239. The smallest absolute Gasteiger partial charge is 0.253 e. The minimum absolute atomic E-state index is 0.0863. The van der Waals surface area contributed by atoms with Gasteiger partial charge in [-0.05, 0) is 38.5 Å². The van der Waals surface area contributed by atoms with Gasteiger partial charge in [-0.15, -0.1) is 10.2 Å². The van der Waals surface area contributed by atoms with Gasteiger partial charge in [0, 0.05) is 12.5 Å². The number of benzene rings is 1. The number of aryl methyl sites for hydroxylation is 1. The van der Waals surface area contributed by atoms with Crippen LogP contribution in [0.4, 0.5) is 0 Å². The van der Waals surface area contributed by atoms with Gasteiger partial charge in [-0.25, -0.2) is 5.01 Å². The third-order valence-electron chi connectivity index (χ3n) is 4.84. The first-order chi connectivity index (χ1) is 14.0. The summed E-state index contributed by atoms with van der Waals surface area (Å²) in [5.74, 6) is 0.879. The fraction of sp³-hybridized carbons (Fsp3) is 0.333. The van der Waals surface area contributed by atoms with Crippen LogP contribution in [-0.4, -0.2) is 37.1 Å². The molecule has 0 unspecified atom stereocenters. The molecular weight excluding hydrogens is 386 g/mol. The van der Waals surface area contributed by atoms with Crippen molar-refractivity contribution in [3.63, 3.8) is 0 Å². The summed E-state index contributed by atoms with van der Waals surface area (Å²) in [6.45, 7) is 6.16. The first kappa shape index (κ1) is 19.4. The second-order valence-electron chi connectivity index (χ2n) is 7.29. The lowest BCUT2D eigenvalue weighted by Gasteiger charge is -2.19. The highest BCUT2D eigenvalue weighted by molar-refractivity contribution is 7.99. The van der Waals surface area contributed by atoms with E-state index in [9.17, 15) is 4.79 Å². The van der Waals surface area contributed by atoms with Gasteiger partial charge in [0.25, 0.3) is 5.91 Å². The molecule has 29 heavy (non-hydrogen) atoms. The van der Waals surface area contributed by atoms with Gasteiger partial charge in [0.1, 0.15) is 18.1 Å². The summed E-state index contributed by atoms with van der Waals surface area (Å²) in [7, 11) is 0. The molecule has 0 spiro atoms. The fourth-order valence-corrected chi connectivity index (χ4v) is 4.14. The molecule has 3 aromatic rings. The Bertz CT molecular complexity index is 1010. The van der Waals surface area contributed by atoms with Crippen molar-refractivity contribution in [2.24, 2.45) is 5.10 Å². The van der Waals surface area contributed by atoms with Gasteiger partial charge >= 0.3 is 0 Å². The maximum atomic E-state index is 13.1. The molecule has 0 bridgehead atoms. The van der Waals surface area contributed by atoms with Crippen LogP contribution in [0, 0.1) is 6.92 Å². The average molecular weight is 410 g/mol. The number of hydrogen-bond donors (Lipinski definition) is 0. The van der Waals surface area contributed by atoms with Gasteiger partial charge in [-0.2, -0.15) is 5.10 Å². The topological polar surface area (TPSA) is 76.5 Å². The summed E-state index contributed by atoms with van der Waals surface area (Å²) in [5, 5.41) is 15.0. The number of carbonyl (C=O) groups is 1. The first-order valence-corrected chi connectivity index (χ1v) is 10.5. The van der Waals surface area contributed by atoms with E-state index < -0.39 is 0 Å². The molecule has 4 rings (SSSR count). The van der Waals surface area contributed by atoms with Crippen LogP contribution in [0.1, 0.15) is 49.2 Å². The number of nitrogens with zero attached hydrogens (tertiary/aromatic N) is 5. The molecule has 8 heteroatoms. The van der Waals surface area contributed by atoms with Gasteiger partial charge in [0.15, 0.2) is 5.16 Å². The van der Waals surface area contributed by atoms with E-state index in [-0.39, 0.29) is 23.7 Å². The standard InChI is InChI=1S/C21H23N5O2S/c1-14(2)25-13-22-23-21(25)29-12-20(27)26-18(19-5-4-10-28-19)11-17(24-26)16-8-6-15(3)7-9-16/h4-10,13-14,18H,11-12H2,1-3H3/t18-/m1/s1. The van der Waals surface area contributed by atoms with Crippen molar-refractivity contribution in [2.75, 3.05) is 5.75 Å². The van der Waals surface area contributed by atoms with Crippen LogP contribution in [0.15, 0.2) is 63.7 Å². The van der Waals surface area contributed by atoms with E-state index in [4.69, 9.17) is 4.42 Å². The normalized spacial score (nSPS) is 16.5. The van der Waals surface area contributed by atoms with E-state index >= 15 is 0 Å². The lowest BCUT2D eigenvalue weighted by molar-refractivity contribution is -0.130. The molecule has 1 aromatic carbocycles. The van der Waals surface area contributed by atoms with Crippen molar-refractivity contribution in [1.29, 1.82) is 0 Å². The van der Waals surface area contributed by atoms with Gasteiger partial charge in [-0.3, -0.25) is 4.79 Å². The Balaban J connectivity index is 1.55. The number of aromatic nitrogens is 3. The van der Waals surface area contributed by atoms with Crippen LogP contribution in [0.2, 0.25) is 0 Å². The predicted octanol–water partition coefficient (Wildman–Crippen LogP) is 4.23. The van der Waals surface area contributed by atoms with E-state index in [1.54, 1.807) is 17.6 Å². The SMILES string of the molecule is Cc1ccc(C2=NN(C(=O)CSc3nncn3C(C)C)[C@@H](c3ccco3)C2)cc1. The molecule has 7 nitrogen and oxygen atoms in total. The number of hydrogen-bond acceptors (Lipinski definition) is 6.